The Balaban J connectivity index is 1.64. The maximum absolute atomic E-state index is 10.3. The Bertz CT molecular complexity index is 797. The SMILES string of the molecule is O=CCCCOc1ccc2cc(OCc3ccccc3)ccc2c1. The van der Waals surface area contributed by atoms with Crippen molar-refractivity contribution >= 4 is 17.1 Å². The topological polar surface area (TPSA) is 35.5 Å². The second-order valence-electron chi connectivity index (χ2n) is 5.60. The van der Waals surface area contributed by atoms with Crippen LogP contribution in [0.5, 0.6) is 11.5 Å². The fourth-order valence-electron chi connectivity index (χ4n) is 2.48. The maximum Gasteiger partial charge on any atom is 0.120 e. The lowest BCUT2D eigenvalue weighted by Gasteiger charge is -2.09. The van der Waals surface area contributed by atoms with Gasteiger partial charge in [-0.15, -0.1) is 0 Å². The minimum atomic E-state index is 0.537. The van der Waals surface area contributed by atoms with Gasteiger partial charge in [-0.25, -0.2) is 0 Å². The summed E-state index contributed by atoms with van der Waals surface area (Å²) in [6.45, 7) is 1.12. The molecule has 0 aliphatic carbocycles. The minimum Gasteiger partial charge on any atom is -0.494 e. The van der Waals surface area contributed by atoms with E-state index in [1.54, 1.807) is 0 Å². The fourth-order valence-corrected chi connectivity index (χ4v) is 2.48. The van der Waals surface area contributed by atoms with E-state index in [2.05, 4.69) is 12.1 Å². The Morgan fingerprint density at radius 2 is 1.46 bits per heavy atom. The lowest BCUT2D eigenvalue weighted by atomic mass is 10.1. The molecular weight excluding hydrogens is 300 g/mol. The zero-order chi connectivity index (χ0) is 16.6. The van der Waals surface area contributed by atoms with Crippen LogP contribution in [0, 0.1) is 0 Å². The van der Waals surface area contributed by atoms with Crippen molar-refractivity contribution in [1.29, 1.82) is 0 Å². The summed E-state index contributed by atoms with van der Waals surface area (Å²) in [6, 6.07) is 22.2. The van der Waals surface area contributed by atoms with Crippen molar-refractivity contribution in [3.05, 3.63) is 72.3 Å². The van der Waals surface area contributed by atoms with E-state index in [0.717, 1.165) is 40.5 Å². The predicted molar refractivity (Wildman–Crippen MR) is 95.5 cm³/mol. The Morgan fingerprint density at radius 3 is 2.12 bits per heavy atom. The van der Waals surface area contributed by atoms with Gasteiger partial charge >= 0.3 is 0 Å². The van der Waals surface area contributed by atoms with Crippen molar-refractivity contribution in [2.24, 2.45) is 0 Å². The van der Waals surface area contributed by atoms with Crippen molar-refractivity contribution in [3.63, 3.8) is 0 Å². The fraction of sp³-hybridized carbons (Fsp3) is 0.190. The van der Waals surface area contributed by atoms with Gasteiger partial charge in [0.2, 0.25) is 0 Å². The first kappa shape index (κ1) is 16.1. The van der Waals surface area contributed by atoms with E-state index >= 15 is 0 Å². The van der Waals surface area contributed by atoms with Gasteiger partial charge in [0.05, 0.1) is 6.61 Å². The standard InChI is InChI=1S/C21H20O3/c22-12-4-5-13-23-20-10-8-19-15-21(11-9-18(19)14-20)24-16-17-6-2-1-3-7-17/h1-3,6-12,14-15H,4-5,13,16H2. The summed E-state index contributed by atoms with van der Waals surface area (Å²) in [5.41, 5.74) is 1.15. The molecule has 0 saturated carbocycles. The Morgan fingerprint density at radius 1 is 0.792 bits per heavy atom. The number of ether oxygens (including phenoxy) is 2. The molecule has 0 saturated heterocycles. The van der Waals surface area contributed by atoms with Crippen molar-refractivity contribution in [1.82, 2.24) is 0 Å². The molecule has 24 heavy (non-hydrogen) atoms. The predicted octanol–water partition coefficient (Wildman–Crippen LogP) is 4.78. The monoisotopic (exact) mass is 320 g/mol. The van der Waals surface area contributed by atoms with Crippen LogP contribution in [0.3, 0.4) is 0 Å². The highest BCUT2D eigenvalue weighted by atomic mass is 16.5. The van der Waals surface area contributed by atoms with Crippen LogP contribution in [-0.2, 0) is 11.4 Å². The van der Waals surface area contributed by atoms with E-state index in [0.29, 0.717) is 19.6 Å². The molecule has 0 bridgehead atoms. The van der Waals surface area contributed by atoms with Crippen molar-refractivity contribution in [2.45, 2.75) is 19.4 Å². The van der Waals surface area contributed by atoms with Crippen LogP contribution >= 0.6 is 0 Å². The number of benzene rings is 3. The summed E-state index contributed by atoms with van der Waals surface area (Å²) < 4.78 is 11.5. The minimum absolute atomic E-state index is 0.537. The summed E-state index contributed by atoms with van der Waals surface area (Å²) in [5.74, 6) is 1.68. The molecule has 0 aliphatic heterocycles. The van der Waals surface area contributed by atoms with Crippen molar-refractivity contribution < 1.29 is 14.3 Å². The smallest absolute Gasteiger partial charge is 0.120 e. The lowest BCUT2D eigenvalue weighted by Crippen LogP contribution is -1.97. The Kier molecular flexibility index (Phi) is 5.46. The molecule has 0 spiro atoms. The quantitative estimate of drug-likeness (QED) is 0.443. The average molecular weight is 320 g/mol. The van der Waals surface area contributed by atoms with E-state index in [-0.39, 0.29) is 0 Å². The van der Waals surface area contributed by atoms with E-state index in [1.165, 1.54) is 0 Å². The molecule has 0 aliphatic rings. The van der Waals surface area contributed by atoms with Gasteiger partial charge in [0.25, 0.3) is 0 Å². The highest BCUT2D eigenvalue weighted by Crippen LogP contribution is 2.25. The number of unbranched alkanes of at least 4 members (excludes halogenated alkanes) is 1. The molecule has 3 nitrogen and oxygen atoms in total. The third-order valence-electron chi connectivity index (χ3n) is 3.77. The number of fused-ring (bicyclic) bond motifs is 1. The number of hydrogen-bond donors (Lipinski definition) is 0. The maximum atomic E-state index is 10.3. The van der Waals surface area contributed by atoms with Gasteiger partial charge in [-0.2, -0.15) is 0 Å². The van der Waals surface area contributed by atoms with Gasteiger partial charge in [0.15, 0.2) is 0 Å². The summed E-state index contributed by atoms with van der Waals surface area (Å²) >= 11 is 0. The van der Waals surface area contributed by atoms with Crippen LogP contribution in [0.1, 0.15) is 18.4 Å². The summed E-state index contributed by atoms with van der Waals surface area (Å²) in [6.07, 6.45) is 2.20. The highest BCUT2D eigenvalue weighted by Gasteiger charge is 2.01. The van der Waals surface area contributed by atoms with Gasteiger partial charge < -0.3 is 14.3 Å². The van der Waals surface area contributed by atoms with Crippen LogP contribution in [0.4, 0.5) is 0 Å². The first-order chi connectivity index (χ1) is 11.8. The molecule has 0 N–H and O–H groups in total. The zero-order valence-electron chi connectivity index (χ0n) is 13.5. The van der Waals surface area contributed by atoms with E-state index in [1.807, 2.05) is 54.6 Å². The van der Waals surface area contributed by atoms with E-state index < -0.39 is 0 Å². The van der Waals surface area contributed by atoms with Gasteiger partial charge in [-0.1, -0.05) is 42.5 Å². The molecule has 0 fully saturated rings. The van der Waals surface area contributed by atoms with Crippen molar-refractivity contribution in [3.8, 4) is 11.5 Å². The van der Waals surface area contributed by atoms with Crippen molar-refractivity contribution in [2.75, 3.05) is 6.61 Å². The number of hydrogen-bond acceptors (Lipinski definition) is 3. The van der Waals surface area contributed by atoms with Gasteiger partial charge in [0.1, 0.15) is 24.4 Å². The number of aldehydes is 1. The van der Waals surface area contributed by atoms with Crippen LogP contribution in [-0.4, -0.2) is 12.9 Å². The molecule has 122 valence electrons. The zero-order valence-corrected chi connectivity index (χ0v) is 13.5. The Labute approximate surface area is 141 Å². The van der Waals surface area contributed by atoms with E-state index in [4.69, 9.17) is 9.47 Å². The normalized spacial score (nSPS) is 10.5. The average Bonchev–Trinajstić information content (AvgIpc) is 2.64. The van der Waals surface area contributed by atoms with E-state index in [9.17, 15) is 4.79 Å². The summed E-state index contributed by atoms with van der Waals surface area (Å²) in [4.78, 5) is 10.3. The van der Waals surface area contributed by atoms with Crippen LogP contribution in [0.25, 0.3) is 10.8 Å². The summed E-state index contributed by atoms with van der Waals surface area (Å²) in [5, 5.41) is 2.22. The molecule has 0 radical (unpaired) electrons. The number of carbonyl (C=O) groups is 1. The van der Waals surface area contributed by atoms with Gasteiger partial charge in [-0.05, 0) is 47.0 Å². The molecule has 0 aromatic heterocycles. The molecule has 3 rings (SSSR count). The third kappa shape index (κ3) is 4.35. The third-order valence-corrected chi connectivity index (χ3v) is 3.77. The molecular formula is C21H20O3. The van der Waals surface area contributed by atoms with Crippen LogP contribution in [0.2, 0.25) is 0 Å². The molecule has 0 unspecified atom stereocenters. The number of carbonyl (C=O) groups excluding carboxylic acids is 1. The first-order valence-electron chi connectivity index (χ1n) is 8.12. The first-order valence-corrected chi connectivity index (χ1v) is 8.12. The second kappa shape index (κ2) is 8.16. The molecule has 3 aromatic carbocycles. The van der Waals surface area contributed by atoms with Gasteiger partial charge in [-0.3, -0.25) is 0 Å². The molecule has 0 heterocycles. The van der Waals surface area contributed by atoms with Crippen LogP contribution < -0.4 is 9.47 Å². The second-order valence-corrected chi connectivity index (χ2v) is 5.60. The largest absolute Gasteiger partial charge is 0.494 e. The van der Waals surface area contributed by atoms with Crippen LogP contribution in [0.15, 0.2) is 66.7 Å². The lowest BCUT2D eigenvalue weighted by molar-refractivity contribution is -0.108. The molecule has 3 aromatic rings. The highest BCUT2D eigenvalue weighted by molar-refractivity contribution is 5.85. The molecule has 0 atom stereocenters. The number of rotatable bonds is 8. The van der Waals surface area contributed by atoms with Gasteiger partial charge in [0, 0.05) is 6.42 Å². The Hall–Kier alpha value is -2.81. The molecule has 3 heteroatoms. The molecule has 0 amide bonds. The summed E-state index contributed by atoms with van der Waals surface area (Å²) in [7, 11) is 0.